The summed E-state index contributed by atoms with van der Waals surface area (Å²) in [5.74, 6) is 0.745. The highest BCUT2D eigenvalue weighted by molar-refractivity contribution is 5.34. The summed E-state index contributed by atoms with van der Waals surface area (Å²) in [6.45, 7) is 2.96. The van der Waals surface area contributed by atoms with E-state index in [1.807, 2.05) is 30.3 Å². The van der Waals surface area contributed by atoms with E-state index in [0.717, 1.165) is 24.4 Å². The summed E-state index contributed by atoms with van der Waals surface area (Å²) in [7, 11) is 0. The molecule has 0 fully saturated rings. The van der Waals surface area contributed by atoms with Gasteiger partial charge in [-0.3, -0.25) is 4.90 Å². The number of rotatable bonds is 3. The first kappa shape index (κ1) is 14.0. The molecule has 21 heavy (non-hydrogen) atoms. The fraction of sp³-hybridized carbons (Fsp3) is 0.294. The van der Waals surface area contributed by atoms with Crippen LogP contribution in [0.25, 0.3) is 0 Å². The number of nitrogens with two attached hydrogens (primary N) is 1. The molecule has 0 bridgehead atoms. The molecule has 4 heteroatoms. The number of para-hydroxylation sites is 1. The van der Waals surface area contributed by atoms with Gasteiger partial charge in [0.15, 0.2) is 0 Å². The Bertz CT molecular complexity index is 630. The predicted octanol–water partition coefficient (Wildman–Crippen LogP) is 2.68. The highest BCUT2D eigenvalue weighted by Crippen LogP contribution is 2.24. The Kier molecular flexibility index (Phi) is 4.18. The Morgan fingerprint density at radius 2 is 1.90 bits per heavy atom. The maximum atomic E-state index is 14.3. The third-order valence-corrected chi connectivity index (χ3v) is 3.80. The molecule has 0 aliphatic carbocycles. The van der Waals surface area contributed by atoms with Crippen LogP contribution in [0.2, 0.25) is 0 Å². The van der Waals surface area contributed by atoms with Crippen LogP contribution < -0.4 is 10.5 Å². The third kappa shape index (κ3) is 3.06. The summed E-state index contributed by atoms with van der Waals surface area (Å²) in [5.41, 5.74) is 7.97. The molecule has 2 aromatic rings. The van der Waals surface area contributed by atoms with E-state index in [1.54, 1.807) is 6.07 Å². The van der Waals surface area contributed by atoms with Crippen LogP contribution in [-0.4, -0.2) is 18.1 Å². The summed E-state index contributed by atoms with van der Waals surface area (Å²) in [6.07, 6.45) is 0. The smallest absolute Gasteiger partial charge is 0.132 e. The van der Waals surface area contributed by atoms with E-state index in [1.165, 1.54) is 0 Å². The molecule has 1 aliphatic heterocycles. The van der Waals surface area contributed by atoms with E-state index >= 15 is 0 Å². The molecule has 0 radical (unpaired) electrons. The summed E-state index contributed by atoms with van der Waals surface area (Å²) >= 11 is 0. The second-order valence-corrected chi connectivity index (χ2v) is 5.26. The molecule has 2 N–H and O–H groups in total. The molecule has 110 valence electrons. The van der Waals surface area contributed by atoms with Crippen LogP contribution in [0.1, 0.15) is 16.7 Å². The molecule has 3 rings (SSSR count). The Labute approximate surface area is 124 Å². The number of fused-ring (bicyclic) bond motifs is 1. The molecular formula is C17H19FN2O. The topological polar surface area (TPSA) is 38.5 Å². The maximum absolute atomic E-state index is 14.3. The van der Waals surface area contributed by atoms with Crippen molar-refractivity contribution in [3.8, 4) is 5.75 Å². The zero-order chi connectivity index (χ0) is 14.7. The van der Waals surface area contributed by atoms with Crippen LogP contribution >= 0.6 is 0 Å². The van der Waals surface area contributed by atoms with Gasteiger partial charge in [0.1, 0.15) is 18.2 Å². The molecule has 0 atom stereocenters. The number of nitrogens with zero attached hydrogens (tertiary/aromatic N) is 1. The van der Waals surface area contributed by atoms with Gasteiger partial charge in [0.2, 0.25) is 0 Å². The Morgan fingerprint density at radius 3 is 2.76 bits per heavy atom. The van der Waals surface area contributed by atoms with Crippen LogP contribution in [0, 0.1) is 5.82 Å². The van der Waals surface area contributed by atoms with Crippen molar-refractivity contribution in [2.24, 2.45) is 5.73 Å². The minimum absolute atomic E-state index is 0.182. The van der Waals surface area contributed by atoms with Crippen molar-refractivity contribution < 1.29 is 9.13 Å². The van der Waals surface area contributed by atoms with Gasteiger partial charge < -0.3 is 10.5 Å². The summed E-state index contributed by atoms with van der Waals surface area (Å²) in [5, 5.41) is 0. The van der Waals surface area contributed by atoms with Crippen molar-refractivity contribution in [2.75, 3.05) is 13.2 Å². The van der Waals surface area contributed by atoms with Crippen molar-refractivity contribution in [3.63, 3.8) is 0 Å². The Morgan fingerprint density at radius 1 is 1.10 bits per heavy atom. The predicted molar refractivity (Wildman–Crippen MR) is 80.3 cm³/mol. The molecule has 0 amide bonds. The van der Waals surface area contributed by atoms with E-state index in [4.69, 9.17) is 10.5 Å². The quantitative estimate of drug-likeness (QED) is 0.943. The number of hydrogen-bond donors (Lipinski definition) is 1. The van der Waals surface area contributed by atoms with Gasteiger partial charge in [-0.25, -0.2) is 4.39 Å². The number of ether oxygens (including phenoxy) is 1. The van der Waals surface area contributed by atoms with Crippen molar-refractivity contribution in [2.45, 2.75) is 19.6 Å². The minimum atomic E-state index is -0.182. The summed E-state index contributed by atoms with van der Waals surface area (Å²) in [6, 6.07) is 13.4. The standard InChI is InChI=1S/C17H19FN2O/c18-17-13(10-19)5-3-6-15(17)12-20-8-9-21-16-7-2-1-4-14(16)11-20/h1-7H,8-12,19H2. The Hall–Kier alpha value is -1.91. The Balaban J connectivity index is 1.80. The molecule has 1 aliphatic rings. The van der Waals surface area contributed by atoms with Crippen LogP contribution in [-0.2, 0) is 19.6 Å². The highest BCUT2D eigenvalue weighted by Gasteiger charge is 2.17. The van der Waals surface area contributed by atoms with Gasteiger partial charge in [0, 0.05) is 42.9 Å². The molecule has 0 spiro atoms. The SMILES string of the molecule is NCc1cccc(CN2CCOc3ccccc3C2)c1F. The van der Waals surface area contributed by atoms with Gasteiger partial charge in [0.05, 0.1) is 0 Å². The zero-order valence-corrected chi connectivity index (χ0v) is 11.9. The van der Waals surface area contributed by atoms with Gasteiger partial charge >= 0.3 is 0 Å². The lowest BCUT2D eigenvalue weighted by molar-refractivity contribution is 0.217. The minimum Gasteiger partial charge on any atom is -0.492 e. The van der Waals surface area contributed by atoms with Crippen LogP contribution in [0.5, 0.6) is 5.75 Å². The first-order valence-corrected chi connectivity index (χ1v) is 7.17. The van der Waals surface area contributed by atoms with Crippen molar-refractivity contribution in [3.05, 3.63) is 65.0 Å². The van der Waals surface area contributed by atoms with Gasteiger partial charge in [-0.15, -0.1) is 0 Å². The normalized spacial score (nSPS) is 15.1. The maximum Gasteiger partial charge on any atom is 0.132 e. The monoisotopic (exact) mass is 286 g/mol. The number of benzene rings is 2. The molecule has 0 saturated carbocycles. The van der Waals surface area contributed by atoms with E-state index in [-0.39, 0.29) is 12.4 Å². The van der Waals surface area contributed by atoms with Gasteiger partial charge in [-0.2, -0.15) is 0 Å². The number of hydrogen-bond acceptors (Lipinski definition) is 3. The van der Waals surface area contributed by atoms with E-state index < -0.39 is 0 Å². The summed E-state index contributed by atoms with van der Waals surface area (Å²) in [4.78, 5) is 2.20. The zero-order valence-electron chi connectivity index (χ0n) is 11.9. The van der Waals surface area contributed by atoms with Crippen LogP contribution in [0.4, 0.5) is 4.39 Å². The molecule has 0 saturated heterocycles. The van der Waals surface area contributed by atoms with E-state index in [0.29, 0.717) is 24.3 Å². The molecule has 3 nitrogen and oxygen atoms in total. The lowest BCUT2D eigenvalue weighted by atomic mass is 10.1. The van der Waals surface area contributed by atoms with E-state index in [9.17, 15) is 4.39 Å². The molecule has 0 unspecified atom stereocenters. The van der Waals surface area contributed by atoms with Crippen molar-refractivity contribution >= 4 is 0 Å². The highest BCUT2D eigenvalue weighted by atomic mass is 19.1. The molecule has 2 aromatic carbocycles. The second kappa shape index (κ2) is 6.24. The molecular weight excluding hydrogens is 267 g/mol. The van der Waals surface area contributed by atoms with Gasteiger partial charge in [-0.1, -0.05) is 36.4 Å². The fourth-order valence-electron chi connectivity index (χ4n) is 2.67. The van der Waals surface area contributed by atoms with Crippen LogP contribution in [0.15, 0.2) is 42.5 Å². The first-order valence-electron chi connectivity index (χ1n) is 7.17. The van der Waals surface area contributed by atoms with Gasteiger partial charge in [0.25, 0.3) is 0 Å². The average molecular weight is 286 g/mol. The van der Waals surface area contributed by atoms with Gasteiger partial charge in [-0.05, 0) is 6.07 Å². The largest absolute Gasteiger partial charge is 0.492 e. The van der Waals surface area contributed by atoms with E-state index in [2.05, 4.69) is 11.0 Å². The molecule has 1 heterocycles. The second-order valence-electron chi connectivity index (χ2n) is 5.26. The lowest BCUT2D eigenvalue weighted by Crippen LogP contribution is -2.26. The average Bonchev–Trinajstić information content (AvgIpc) is 2.71. The van der Waals surface area contributed by atoms with Crippen molar-refractivity contribution in [1.82, 2.24) is 4.90 Å². The third-order valence-electron chi connectivity index (χ3n) is 3.80. The van der Waals surface area contributed by atoms with Crippen molar-refractivity contribution in [1.29, 1.82) is 0 Å². The number of halogens is 1. The fourth-order valence-corrected chi connectivity index (χ4v) is 2.67. The molecule has 0 aromatic heterocycles. The summed E-state index contributed by atoms with van der Waals surface area (Å²) < 4.78 is 20.0. The lowest BCUT2D eigenvalue weighted by Gasteiger charge is -2.20. The van der Waals surface area contributed by atoms with Crippen LogP contribution in [0.3, 0.4) is 0 Å². The first-order chi connectivity index (χ1) is 10.3.